The van der Waals surface area contributed by atoms with Crippen molar-refractivity contribution >= 4 is 35.5 Å². The largest absolute Gasteiger partial charge is 0.392 e. The van der Waals surface area contributed by atoms with Crippen molar-refractivity contribution < 1.29 is 5.11 Å². The number of fused-ring (bicyclic) bond motifs is 3. The summed E-state index contributed by atoms with van der Waals surface area (Å²) in [6.07, 6.45) is 18.1. The molecule has 0 unspecified atom stereocenters. The summed E-state index contributed by atoms with van der Waals surface area (Å²) in [6.45, 7) is 9.68. The van der Waals surface area contributed by atoms with Gasteiger partial charge in [-0.15, -0.1) is 0 Å². The van der Waals surface area contributed by atoms with Crippen LogP contribution in [0.1, 0.15) is 120 Å². The molecule has 1 N–H and O–H groups in total. The highest BCUT2D eigenvalue weighted by Gasteiger charge is 2.43. The third-order valence-corrected chi connectivity index (χ3v) is 16.9. The minimum Gasteiger partial charge on any atom is -0.392 e. The zero-order valence-electron chi connectivity index (χ0n) is 36.4. The van der Waals surface area contributed by atoms with Crippen molar-refractivity contribution in [2.24, 2.45) is 0 Å². The predicted molar refractivity (Wildman–Crippen MR) is 258 cm³/mol. The molecule has 2 nitrogen and oxygen atoms in total. The van der Waals surface area contributed by atoms with E-state index in [1.807, 2.05) is 0 Å². The van der Waals surface area contributed by atoms with Gasteiger partial charge in [-0.3, -0.25) is 0 Å². The van der Waals surface area contributed by atoms with Crippen LogP contribution < -0.4 is 15.3 Å². The van der Waals surface area contributed by atoms with Gasteiger partial charge in [-0.05, 0) is 99.4 Å². The number of para-hydroxylation sites is 2. The average molecular weight is 798 g/mol. The first-order valence-electron chi connectivity index (χ1n) is 22.9. The van der Waals surface area contributed by atoms with E-state index >= 15 is 0 Å². The van der Waals surface area contributed by atoms with Crippen molar-refractivity contribution in [1.82, 2.24) is 0 Å². The molecule has 0 heterocycles. The Hall–Kier alpha value is -4.70. The Morgan fingerprint density at radius 1 is 0.475 bits per heavy atom. The second kappa shape index (κ2) is 20.0. The molecule has 1 aliphatic carbocycles. The lowest BCUT2D eigenvalue weighted by atomic mass is 9.70. The monoisotopic (exact) mass is 797 g/mol. The standard InChI is InChI=1S/C56H67NOSi/c1-5-7-9-11-13-23-39-56(40-24-14-12-10-8-6-2)53-41-45(44-31-34-49(35-32-44)57(47-26-17-15-18-27-47)48-28-19-16-20-29-48)33-37-51(53)52-38-36-50(42-54(52)56)59(3,4)55-30-22-21-25-46(55)43-58/h15-22,25-38,41-42,58H,5-14,23-24,39-40,43H2,1-4H3. The minimum absolute atomic E-state index is 0.0233. The number of rotatable bonds is 21. The third-order valence-electron chi connectivity index (χ3n) is 13.3. The summed E-state index contributed by atoms with van der Waals surface area (Å²) in [6, 6.07) is 54.2. The van der Waals surface area contributed by atoms with Crippen LogP contribution in [0.3, 0.4) is 0 Å². The smallest absolute Gasteiger partial charge is 0.112 e. The maximum atomic E-state index is 10.4. The number of aliphatic hydroxyl groups is 1. The van der Waals surface area contributed by atoms with Crippen LogP contribution in [-0.2, 0) is 12.0 Å². The van der Waals surface area contributed by atoms with Crippen LogP contribution in [0.5, 0.6) is 0 Å². The number of nitrogens with zero attached hydrogens (tertiary/aromatic N) is 1. The Labute approximate surface area is 357 Å². The predicted octanol–water partition coefficient (Wildman–Crippen LogP) is 14.9. The molecule has 1 aliphatic rings. The normalized spacial score (nSPS) is 13.0. The van der Waals surface area contributed by atoms with Gasteiger partial charge < -0.3 is 10.0 Å². The van der Waals surface area contributed by atoms with E-state index in [0.29, 0.717) is 0 Å². The third kappa shape index (κ3) is 9.38. The lowest BCUT2D eigenvalue weighted by molar-refractivity contribution is 0.283. The first-order chi connectivity index (χ1) is 28.9. The van der Waals surface area contributed by atoms with E-state index in [9.17, 15) is 5.11 Å². The van der Waals surface area contributed by atoms with Gasteiger partial charge >= 0.3 is 0 Å². The van der Waals surface area contributed by atoms with Crippen molar-refractivity contribution in [3.63, 3.8) is 0 Å². The van der Waals surface area contributed by atoms with Crippen LogP contribution in [0.15, 0.2) is 146 Å². The maximum absolute atomic E-state index is 10.4. The second-order valence-corrected chi connectivity index (χ2v) is 22.0. The van der Waals surface area contributed by atoms with E-state index in [1.165, 1.54) is 123 Å². The zero-order valence-corrected chi connectivity index (χ0v) is 37.4. The first kappa shape index (κ1) is 42.4. The van der Waals surface area contributed by atoms with Crippen LogP contribution in [0.4, 0.5) is 17.1 Å². The molecule has 0 radical (unpaired) electrons. The molecular formula is C56H67NOSi. The highest BCUT2D eigenvalue weighted by molar-refractivity contribution is 7.00. The summed E-state index contributed by atoms with van der Waals surface area (Å²) in [4.78, 5) is 2.34. The van der Waals surface area contributed by atoms with Crippen molar-refractivity contribution in [1.29, 1.82) is 0 Å². The number of hydrogen-bond acceptors (Lipinski definition) is 2. The number of hydrogen-bond donors (Lipinski definition) is 1. The Bertz CT molecular complexity index is 2170. The Balaban J connectivity index is 1.30. The Kier molecular flexibility index (Phi) is 14.4. The fraction of sp³-hybridized carbons (Fsp3) is 0.357. The molecule has 306 valence electrons. The molecule has 0 spiro atoms. The number of unbranched alkanes of at least 4 members (excludes halogenated alkanes) is 10. The van der Waals surface area contributed by atoms with Gasteiger partial charge in [0.2, 0.25) is 0 Å². The van der Waals surface area contributed by atoms with E-state index in [-0.39, 0.29) is 12.0 Å². The molecule has 0 amide bonds. The van der Waals surface area contributed by atoms with Gasteiger partial charge in [-0.1, -0.05) is 212 Å². The van der Waals surface area contributed by atoms with Gasteiger partial charge in [0.1, 0.15) is 8.07 Å². The molecule has 0 saturated heterocycles. The number of anilines is 3. The van der Waals surface area contributed by atoms with E-state index in [4.69, 9.17) is 0 Å². The highest BCUT2D eigenvalue weighted by Crippen LogP contribution is 2.55. The van der Waals surface area contributed by atoms with E-state index in [1.54, 1.807) is 11.1 Å². The van der Waals surface area contributed by atoms with Crippen molar-refractivity contribution in [2.45, 2.75) is 129 Å². The van der Waals surface area contributed by atoms with Crippen molar-refractivity contribution in [3.05, 3.63) is 162 Å². The van der Waals surface area contributed by atoms with E-state index < -0.39 is 8.07 Å². The van der Waals surface area contributed by atoms with Gasteiger partial charge in [0.05, 0.1) is 6.61 Å². The fourth-order valence-electron chi connectivity index (χ4n) is 9.97. The zero-order chi connectivity index (χ0) is 41.1. The molecule has 0 saturated carbocycles. The average Bonchev–Trinajstić information content (AvgIpc) is 3.55. The molecule has 59 heavy (non-hydrogen) atoms. The first-order valence-corrected chi connectivity index (χ1v) is 25.9. The highest BCUT2D eigenvalue weighted by atomic mass is 28.3. The van der Waals surface area contributed by atoms with Gasteiger partial charge in [-0.25, -0.2) is 0 Å². The molecule has 0 aliphatic heterocycles. The lowest BCUT2D eigenvalue weighted by Gasteiger charge is -2.34. The molecular weight excluding hydrogens is 731 g/mol. The maximum Gasteiger partial charge on any atom is 0.112 e. The second-order valence-electron chi connectivity index (χ2n) is 17.6. The van der Waals surface area contributed by atoms with Crippen LogP contribution >= 0.6 is 0 Å². The summed E-state index contributed by atoms with van der Waals surface area (Å²) in [5, 5.41) is 13.2. The van der Waals surface area contributed by atoms with E-state index in [2.05, 4.69) is 177 Å². The molecule has 3 heteroatoms. The van der Waals surface area contributed by atoms with Crippen LogP contribution in [0.25, 0.3) is 22.3 Å². The van der Waals surface area contributed by atoms with Crippen molar-refractivity contribution in [3.8, 4) is 22.3 Å². The molecule has 6 aromatic carbocycles. The fourth-order valence-corrected chi connectivity index (χ4v) is 12.8. The topological polar surface area (TPSA) is 23.5 Å². The van der Waals surface area contributed by atoms with Crippen LogP contribution in [0, 0.1) is 0 Å². The summed E-state index contributed by atoms with van der Waals surface area (Å²) in [5.41, 5.74) is 13.0. The van der Waals surface area contributed by atoms with Gasteiger partial charge in [0, 0.05) is 22.5 Å². The van der Waals surface area contributed by atoms with Gasteiger partial charge in [0.15, 0.2) is 0 Å². The van der Waals surface area contributed by atoms with Gasteiger partial charge in [-0.2, -0.15) is 0 Å². The SMILES string of the molecule is CCCCCCCCC1(CCCCCCCC)c2cc(-c3ccc(N(c4ccccc4)c4ccccc4)cc3)ccc2-c2ccc([Si](C)(C)c3ccccc3CO)cc21. The summed E-state index contributed by atoms with van der Waals surface area (Å²) in [5.74, 6) is 0. The molecule has 0 fully saturated rings. The molecule has 6 aromatic rings. The minimum atomic E-state index is -2.13. The van der Waals surface area contributed by atoms with Crippen LogP contribution in [0.2, 0.25) is 13.1 Å². The quantitative estimate of drug-likeness (QED) is 0.0579. The number of aliphatic hydroxyl groups excluding tert-OH is 1. The van der Waals surface area contributed by atoms with Crippen molar-refractivity contribution in [2.75, 3.05) is 4.90 Å². The molecule has 0 bridgehead atoms. The lowest BCUT2D eigenvalue weighted by Crippen LogP contribution is -2.54. The summed E-state index contributed by atoms with van der Waals surface area (Å²) in [7, 11) is -2.13. The van der Waals surface area contributed by atoms with Gasteiger partial charge in [0.25, 0.3) is 0 Å². The van der Waals surface area contributed by atoms with Crippen LogP contribution in [-0.4, -0.2) is 13.2 Å². The molecule has 7 rings (SSSR count). The Morgan fingerprint density at radius 3 is 1.53 bits per heavy atom. The summed E-state index contributed by atoms with van der Waals surface area (Å²) >= 11 is 0. The number of benzene rings is 6. The Morgan fingerprint density at radius 2 is 0.949 bits per heavy atom. The molecule has 0 atom stereocenters. The van der Waals surface area contributed by atoms with E-state index in [0.717, 1.165) is 22.6 Å². The molecule has 0 aromatic heterocycles. The summed E-state index contributed by atoms with van der Waals surface area (Å²) < 4.78 is 0.